The van der Waals surface area contributed by atoms with Gasteiger partial charge < -0.3 is 10.1 Å². The van der Waals surface area contributed by atoms with E-state index in [-0.39, 0.29) is 0 Å². The molecule has 1 unspecified atom stereocenters. The molecule has 17 heavy (non-hydrogen) atoms. The topological polar surface area (TPSA) is 21.3 Å². The van der Waals surface area contributed by atoms with Gasteiger partial charge in [-0.05, 0) is 36.0 Å². The first-order valence-electron chi connectivity index (χ1n) is 6.45. The zero-order valence-electron chi connectivity index (χ0n) is 10.1. The average molecular weight is 249 g/mol. The van der Waals surface area contributed by atoms with Crippen LogP contribution in [0, 0.1) is 5.92 Å². The number of benzene rings is 1. The smallest absolute Gasteiger partial charge is 0.124 e. The van der Waals surface area contributed by atoms with Crippen LogP contribution in [0.4, 0.5) is 0 Å². The van der Waals surface area contributed by atoms with E-state index in [0.29, 0.717) is 0 Å². The summed E-state index contributed by atoms with van der Waals surface area (Å²) in [4.78, 5) is 0. The van der Waals surface area contributed by atoms with Crippen molar-refractivity contribution in [3.05, 3.63) is 29.3 Å². The number of rotatable bonds is 3. The second-order valence-electron chi connectivity index (χ2n) is 4.89. The quantitative estimate of drug-likeness (QED) is 0.890. The lowest BCUT2D eigenvalue weighted by atomic mass is 10.1. The Morgan fingerprint density at radius 2 is 2.35 bits per heavy atom. The first kappa shape index (κ1) is 11.4. The molecule has 0 aliphatic carbocycles. The maximum Gasteiger partial charge on any atom is 0.124 e. The minimum atomic E-state index is 0.749. The van der Waals surface area contributed by atoms with Gasteiger partial charge in [-0.25, -0.2) is 0 Å². The highest BCUT2D eigenvalue weighted by Gasteiger charge is 2.17. The van der Waals surface area contributed by atoms with Crippen LogP contribution < -0.4 is 10.1 Å². The number of hydrogen-bond donors (Lipinski definition) is 1. The summed E-state index contributed by atoms with van der Waals surface area (Å²) in [6.07, 6.45) is 2.69. The summed E-state index contributed by atoms with van der Waals surface area (Å²) >= 11 is 2.07. The summed E-state index contributed by atoms with van der Waals surface area (Å²) in [5.41, 5.74) is 2.77. The molecule has 0 spiro atoms. The van der Waals surface area contributed by atoms with Crippen molar-refractivity contribution in [3.8, 4) is 5.75 Å². The molecule has 2 nitrogen and oxygen atoms in total. The molecule has 1 fully saturated rings. The van der Waals surface area contributed by atoms with Gasteiger partial charge in [0.15, 0.2) is 0 Å². The Morgan fingerprint density at radius 3 is 3.24 bits per heavy atom. The first-order valence-corrected chi connectivity index (χ1v) is 7.61. The zero-order valence-corrected chi connectivity index (χ0v) is 10.9. The molecule has 2 heterocycles. The van der Waals surface area contributed by atoms with E-state index in [4.69, 9.17) is 4.74 Å². The standard InChI is InChI=1S/C14H19NOS/c1-4-12-7-15-8-13(12)14(5-1)16-9-11-3-2-6-17-10-11/h1,4-5,11,15H,2-3,6-10H2. The fourth-order valence-electron chi connectivity index (χ4n) is 2.58. The van der Waals surface area contributed by atoms with Gasteiger partial charge in [0.25, 0.3) is 0 Å². The van der Waals surface area contributed by atoms with E-state index in [1.54, 1.807) is 0 Å². The van der Waals surface area contributed by atoms with Gasteiger partial charge in [-0.15, -0.1) is 0 Å². The highest BCUT2D eigenvalue weighted by atomic mass is 32.2. The molecule has 1 atom stereocenters. The summed E-state index contributed by atoms with van der Waals surface area (Å²) < 4.78 is 6.04. The lowest BCUT2D eigenvalue weighted by Gasteiger charge is -2.22. The number of ether oxygens (including phenoxy) is 1. The zero-order chi connectivity index (χ0) is 11.5. The molecule has 2 aliphatic heterocycles. The minimum absolute atomic E-state index is 0.749. The lowest BCUT2D eigenvalue weighted by Crippen LogP contribution is -2.18. The van der Waals surface area contributed by atoms with Crippen molar-refractivity contribution in [1.82, 2.24) is 5.32 Å². The van der Waals surface area contributed by atoms with E-state index in [9.17, 15) is 0 Å². The van der Waals surface area contributed by atoms with Crippen molar-refractivity contribution in [2.75, 3.05) is 18.1 Å². The molecule has 3 rings (SSSR count). The van der Waals surface area contributed by atoms with Gasteiger partial charge in [-0.1, -0.05) is 12.1 Å². The van der Waals surface area contributed by atoms with Gasteiger partial charge in [-0.3, -0.25) is 0 Å². The van der Waals surface area contributed by atoms with Crippen LogP contribution in [0.15, 0.2) is 18.2 Å². The van der Waals surface area contributed by atoms with E-state index < -0.39 is 0 Å². The van der Waals surface area contributed by atoms with Crippen LogP contribution in [0.25, 0.3) is 0 Å². The first-order chi connectivity index (χ1) is 8.43. The van der Waals surface area contributed by atoms with Crippen LogP contribution >= 0.6 is 11.8 Å². The molecule has 1 aromatic rings. The summed E-state index contributed by atoms with van der Waals surface area (Å²) in [7, 11) is 0. The second kappa shape index (κ2) is 5.32. The fraction of sp³-hybridized carbons (Fsp3) is 0.571. The number of thioether (sulfide) groups is 1. The Balaban J connectivity index is 1.63. The lowest BCUT2D eigenvalue weighted by molar-refractivity contribution is 0.250. The summed E-state index contributed by atoms with van der Waals surface area (Å²) in [5, 5.41) is 3.38. The third-order valence-electron chi connectivity index (χ3n) is 3.58. The van der Waals surface area contributed by atoms with Crippen molar-refractivity contribution in [3.63, 3.8) is 0 Å². The third kappa shape index (κ3) is 2.61. The molecule has 1 saturated heterocycles. The van der Waals surface area contributed by atoms with Gasteiger partial charge in [-0.2, -0.15) is 11.8 Å². The van der Waals surface area contributed by atoms with Crippen LogP contribution in [0.3, 0.4) is 0 Å². The SMILES string of the molecule is c1cc2c(c(OCC3CCCSC3)c1)CNC2. The number of hydrogen-bond acceptors (Lipinski definition) is 3. The fourth-order valence-corrected chi connectivity index (χ4v) is 3.71. The van der Waals surface area contributed by atoms with Crippen LogP contribution in [0.2, 0.25) is 0 Å². The van der Waals surface area contributed by atoms with Gasteiger partial charge in [0.05, 0.1) is 6.61 Å². The van der Waals surface area contributed by atoms with Crippen molar-refractivity contribution in [1.29, 1.82) is 0 Å². The van der Waals surface area contributed by atoms with E-state index in [2.05, 4.69) is 35.3 Å². The second-order valence-corrected chi connectivity index (χ2v) is 6.04. The molecule has 0 radical (unpaired) electrons. The Labute approximate surface area is 107 Å². The number of fused-ring (bicyclic) bond motifs is 1. The highest BCUT2D eigenvalue weighted by molar-refractivity contribution is 7.99. The van der Waals surface area contributed by atoms with Gasteiger partial charge in [0, 0.05) is 24.6 Å². The van der Waals surface area contributed by atoms with Crippen LogP contribution in [0.5, 0.6) is 5.75 Å². The van der Waals surface area contributed by atoms with E-state index in [0.717, 1.165) is 31.4 Å². The Morgan fingerprint density at radius 1 is 1.35 bits per heavy atom. The van der Waals surface area contributed by atoms with Gasteiger partial charge in [0.1, 0.15) is 5.75 Å². The van der Waals surface area contributed by atoms with E-state index >= 15 is 0 Å². The van der Waals surface area contributed by atoms with Crippen molar-refractivity contribution in [2.24, 2.45) is 5.92 Å². The van der Waals surface area contributed by atoms with Crippen LogP contribution in [-0.2, 0) is 13.1 Å². The molecular formula is C14H19NOS. The van der Waals surface area contributed by atoms with E-state index in [1.165, 1.54) is 35.5 Å². The van der Waals surface area contributed by atoms with Crippen molar-refractivity contribution in [2.45, 2.75) is 25.9 Å². The average Bonchev–Trinajstić information content (AvgIpc) is 2.86. The molecule has 0 bridgehead atoms. The molecule has 0 aromatic heterocycles. The van der Waals surface area contributed by atoms with Crippen LogP contribution in [0.1, 0.15) is 24.0 Å². The molecule has 3 heteroatoms. The normalized spacial score (nSPS) is 23.4. The Hall–Kier alpha value is -0.670. The monoisotopic (exact) mass is 249 g/mol. The molecular weight excluding hydrogens is 230 g/mol. The Kier molecular flexibility index (Phi) is 3.57. The largest absolute Gasteiger partial charge is 0.493 e. The molecule has 2 aliphatic rings. The Bertz CT molecular complexity index is 388. The summed E-state index contributed by atoms with van der Waals surface area (Å²) in [5.74, 6) is 4.45. The third-order valence-corrected chi connectivity index (χ3v) is 4.86. The van der Waals surface area contributed by atoms with Gasteiger partial charge >= 0.3 is 0 Å². The van der Waals surface area contributed by atoms with Crippen molar-refractivity contribution >= 4 is 11.8 Å². The van der Waals surface area contributed by atoms with Crippen LogP contribution in [-0.4, -0.2) is 18.1 Å². The summed E-state index contributed by atoms with van der Waals surface area (Å²) in [6.45, 7) is 2.85. The molecule has 1 N–H and O–H groups in total. The molecule has 0 saturated carbocycles. The number of nitrogens with one attached hydrogen (secondary N) is 1. The molecule has 92 valence electrons. The predicted molar refractivity (Wildman–Crippen MR) is 72.5 cm³/mol. The summed E-state index contributed by atoms with van der Waals surface area (Å²) in [6, 6.07) is 6.41. The molecule has 1 aromatic carbocycles. The minimum Gasteiger partial charge on any atom is -0.493 e. The van der Waals surface area contributed by atoms with Crippen molar-refractivity contribution < 1.29 is 4.74 Å². The molecule has 0 amide bonds. The maximum atomic E-state index is 6.04. The predicted octanol–water partition coefficient (Wildman–Crippen LogP) is 2.81. The van der Waals surface area contributed by atoms with Gasteiger partial charge in [0.2, 0.25) is 0 Å². The highest BCUT2D eigenvalue weighted by Crippen LogP contribution is 2.28. The maximum absolute atomic E-state index is 6.04. The van der Waals surface area contributed by atoms with E-state index in [1.807, 2.05) is 0 Å².